The molecule has 0 aromatic carbocycles. The summed E-state index contributed by atoms with van der Waals surface area (Å²) in [5.41, 5.74) is 5.79. The van der Waals surface area contributed by atoms with Gasteiger partial charge in [-0.1, -0.05) is 11.6 Å². The van der Waals surface area contributed by atoms with E-state index in [0.29, 0.717) is 16.5 Å². The van der Waals surface area contributed by atoms with Gasteiger partial charge in [0.2, 0.25) is 0 Å². The van der Waals surface area contributed by atoms with E-state index in [1.165, 1.54) is 0 Å². The summed E-state index contributed by atoms with van der Waals surface area (Å²) < 4.78 is 0. The number of carbonyl (C=O) groups is 1. The quantitative estimate of drug-likeness (QED) is 0.822. The summed E-state index contributed by atoms with van der Waals surface area (Å²) >= 11 is 5.90. The van der Waals surface area contributed by atoms with E-state index >= 15 is 0 Å². The second kappa shape index (κ2) is 4.18. The van der Waals surface area contributed by atoms with Crippen LogP contribution in [-0.4, -0.2) is 23.0 Å². The van der Waals surface area contributed by atoms with Crippen molar-refractivity contribution in [2.75, 3.05) is 11.4 Å². The number of carbonyl (C=O) groups excluding carboxylic acids is 1. The number of nitrogens with zero attached hydrogens (tertiary/aromatic N) is 2. The first-order chi connectivity index (χ1) is 7.92. The molecule has 2 N–H and O–H groups in total. The summed E-state index contributed by atoms with van der Waals surface area (Å²) in [5.74, 6) is 0.138. The molecule has 1 aromatic heterocycles. The Morgan fingerprint density at radius 1 is 1.53 bits per heavy atom. The smallest absolute Gasteiger partial charge is 0.252 e. The maximum absolute atomic E-state index is 11.4. The van der Waals surface area contributed by atoms with Crippen LogP contribution < -0.4 is 10.6 Å². The normalized spacial score (nSPS) is 18.4. The fraction of sp³-hybridized carbons (Fsp3) is 0.500. The Bertz CT molecular complexity index is 459. The van der Waals surface area contributed by atoms with Crippen LogP contribution >= 0.6 is 11.6 Å². The van der Waals surface area contributed by atoms with Crippen molar-refractivity contribution in [2.24, 2.45) is 5.73 Å². The Kier molecular flexibility index (Phi) is 3.00. The van der Waals surface area contributed by atoms with E-state index < -0.39 is 5.91 Å². The standard InChI is InChI=1S/C12H16ClN3O/c1-12(2)6-3-7-16(12)11-8(10(14)17)4-5-9(13)15-11/h4-5H,3,6-7H2,1-2H3,(H2,14,17). The van der Waals surface area contributed by atoms with Crippen LogP contribution in [0.2, 0.25) is 5.15 Å². The third-order valence-corrected chi connectivity index (χ3v) is 3.47. The Hall–Kier alpha value is -1.29. The van der Waals surface area contributed by atoms with Crippen molar-refractivity contribution in [2.45, 2.75) is 32.2 Å². The average Bonchev–Trinajstić information content (AvgIpc) is 2.57. The minimum atomic E-state index is -0.466. The molecule has 0 unspecified atom stereocenters. The van der Waals surface area contributed by atoms with Crippen molar-refractivity contribution in [3.05, 3.63) is 22.8 Å². The van der Waals surface area contributed by atoms with Crippen molar-refractivity contribution in [1.82, 2.24) is 4.98 Å². The monoisotopic (exact) mass is 253 g/mol. The first-order valence-corrected chi connectivity index (χ1v) is 6.03. The highest BCUT2D eigenvalue weighted by atomic mass is 35.5. The lowest BCUT2D eigenvalue weighted by Crippen LogP contribution is -2.40. The van der Waals surface area contributed by atoms with Gasteiger partial charge in [-0.05, 0) is 38.8 Å². The van der Waals surface area contributed by atoms with Crippen LogP contribution in [0, 0.1) is 0 Å². The molecule has 0 aliphatic carbocycles. The molecule has 5 heteroatoms. The Morgan fingerprint density at radius 2 is 2.24 bits per heavy atom. The third kappa shape index (κ3) is 2.22. The van der Waals surface area contributed by atoms with Gasteiger partial charge >= 0.3 is 0 Å². The minimum absolute atomic E-state index is 0.0120. The molecular weight excluding hydrogens is 238 g/mol. The van der Waals surface area contributed by atoms with Crippen molar-refractivity contribution in [3.8, 4) is 0 Å². The second-order valence-electron chi connectivity index (χ2n) is 4.94. The summed E-state index contributed by atoms with van der Waals surface area (Å²) in [7, 11) is 0. The molecule has 92 valence electrons. The molecule has 4 nitrogen and oxygen atoms in total. The van der Waals surface area contributed by atoms with Crippen LogP contribution in [0.5, 0.6) is 0 Å². The molecule has 0 atom stereocenters. The van der Waals surface area contributed by atoms with Gasteiger partial charge in [-0.2, -0.15) is 0 Å². The van der Waals surface area contributed by atoms with E-state index in [9.17, 15) is 4.79 Å². The number of aromatic nitrogens is 1. The van der Waals surface area contributed by atoms with Crippen LogP contribution in [0.3, 0.4) is 0 Å². The van der Waals surface area contributed by atoms with E-state index in [0.717, 1.165) is 19.4 Å². The lowest BCUT2D eigenvalue weighted by molar-refractivity contribution is 0.100. The van der Waals surface area contributed by atoms with E-state index in [1.54, 1.807) is 12.1 Å². The maximum Gasteiger partial charge on any atom is 0.252 e. The second-order valence-corrected chi connectivity index (χ2v) is 5.32. The van der Waals surface area contributed by atoms with Gasteiger partial charge in [-0.25, -0.2) is 4.98 Å². The number of amides is 1. The fourth-order valence-corrected chi connectivity index (χ4v) is 2.47. The summed E-state index contributed by atoms with van der Waals surface area (Å²) in [6.07, 6.45) is 2.15. The SMILES string of the molecule is CC1(C)CCCN1c1nc(Cl)ccc1C(N)=O. The van der Waals surface area contributed by atoms with Crippen molar-refractivity contribution < 1.29 is 4.79 Å². The first-order valence-electron chi connectivity index (χ1n) is 5.66. The zero-order valence-corrected chi connectivity index (χ0v) is 10.8. The zero-order chi connectivity index (χ0) is 12.6. The van der Waals surface area contributed by atoms with E-state index in [4.69, 9.17) is 17.3 Å². The van der Waals surface area contributed by atoms with Gasteiger partial charge in [0.1, 0.15) is 11.0 Å². The summed E-state index contributed by atoms with van der Waals surface area (Å²) in [4.78, 5) is 17.8. The Labute approximate surface area is 106 Å². The van der Waals surface area contributed by atoms with Gasteiger partial charge < -0.3 is 10.6 Å². The molecule has 0 saturated carbocycles. The van der Waals surface area contributed by atoms with Crippen LogP contribution in [0.15, 0.2) is 12.1 Å². The first kappa shape index (κ1) is 12.2. The average molecular weight is 254 g/mol. The predicted molar refractivity (Wildman–Crippen MR) is 68.4 cm³/mol. The van der Waals surface area contributed by atoms with Gasteiger partial charge in [0, 0.05) is 12.1 Å². The Balaban J connectivity index is 2.50. The topological polar surface area (TPSA) is 59.2 Å². The van der Waals surface area contributed by atoms with E-state index in [-0.39, 0.29) is 5.54 Å². The summed E-state index contributed by atoms with van der Waals surface area (Å²) in [5, 5.41) is 0.382. The molecule has 17 heavy (non-hydrogen) atoms. The third-order valence-electron chi connectivity index (χ3n) is 3.26. The van der Waals surface area contributed by atoms with Gasteiger partial charge in [0.15, 0.2) is 0 Å². The molecule has 0 radical (unpaired) electrons. The highest BCUT2D eigenvalue weighted by molar-refractivity contribution is 6.29. The molecule has 1 amide bonds. The number of primary amides is 1. The van der Waals surface area contributed by atoms with Gasteiger partial charge in [-0.3, -0.25) is 4.79 Å². The van der Waals surface area contributed by atoms with Crippen molar-refractivity contribution >= 4 is 23.3 Å². The molecule has 2 heterocycles. The van der Waals surface area contributed by atoms with Gasteiger partial charge in [-0.15, -0.1) is 0 Å². The van der Waals surface area contributed by atoms with Gasteiger partial charge in [0.05, 0.1) is 5.56 Å². The van der Waals surface area contributed by atoms with Crippen LogP contribution in [-0.2, 0) is 0 Å². The lowest BCUT2D eigenvalue weighted by atomic mass is 10.0. The molecule has 2 rings (SSSR count). The highest BCUT2D eigenvalue weighted by Crippen LogP contribution is 2.34. The minimum Gasteiger partial charge on any atom is -0.365 e. The molecule has 1 aromatic rings. The summed E-state index contributed by atoms with van der Waals surface area (Å²) in [6.45, 7) is 5.14. The predicted octanol–water partition coefficient (Wildman–Crippen LogP) is 2.21. The number of rotatable bonds is 2. The molecule has 1 aliphatic heterocycles. The summed E-state index contributed by atoms with van der Waals surface area (Å²) in [6, 6.07) is 3.23. The number of anilines is 1. The highest BCUT2D eigenvalue weighted by Gasteiger charge is 2.34. The molecular formula is C12H16ClN3O. The zero-order valence-electron chi connectivity index (χ0n) is 10.0. The molecule has 1 aliphatic rings. The number of halogens is 1. The molecule has 0 bridgehead atoms. The molecule has 0 spiro atoms. The van der Waals surface area contributed by atoms with Crippen molar-refractivity contribution in [3.63, 3.8) is 0 Å². The largest absolute Gasteiger partial charge is 0.365 e. The number of hydrogen-bond donors (Lipinski definition) is 1. The fourth-order valence-electron chi connectivity index (χ4n) is 2.32. The number of hydrogen-bond acceptors (Lipinski definition) is 3. The van der Waals surface area contributed by atoms with E-state index in [1.807, 2.05) is 0 Å². The van der Waals surface area contributed by atoms with Crippen LogP contribution in [0.4, 0.5) is 5.82 Å². The lowest BCUT2D eigenvalue weighted by Gasteiger charge is -2.33. The van der Waals surface area contributed by atoms with Gasteiger partial charge in [0.25, 0.3) is 5.91 Å². The van der Waals surface area contributed by atoms with Crippen LogP contribution in [0.1, 0.15) is 37.0 Å². The van der Waals surface area contributed by atoms with Crippen molar-refractivity contribution in [1.29, 1.82) is 0 Å². The van der Waals surface area contributed by atoms with E-state index in [2.05, 4.69) is 23.7 Å². The molecule has 1 fully saturated rings. The maximum atomic E-state index is 11.4. The number of pyridine rings is 1. The van der Waals surface area contributed by atoms with Crippen LogP contribution in [0.25, 0.3) is 0 Å². The molecule has 1 saturated heterocycles. The number of nitrogens with two attached hydrogens (primary N) is 1. The Morgan fingerprint density at radius 3 is 2.76 bits per heavy atom.